The largest absolute Gasteiger partial charge is 0.496 e. The van der Waals surface area contributed by atoms with Crippen molar-refractivity contribution < 1.29 is 27.4 Å². The molecule has 0 radical (unpaired) electrons. The van der Waals surface area contributed by atoms with E-state index in [4.69, 9.17) is 9.47 Å². The molecular formula is C22H18F3NO3. The van der Waals surface area contributed by atoms with Crippen LogP contribution in [0.1, 0.15) is 15.9 Å². The fourth-order valence-electron chi connectivity index (χ4n) is 2.87. The average Bonchev–Trinajstić information content (AvgIpc) is 2.73. The molecule has 0 aliphatic carbocycles. The quantitative estimate of drug-likeness (QED) is 0.602. The van der Waals surface area contributed by atoms with Crippen molar-refractivity contribution in [3.8, 4) is 22.6 Å². The van der Waals surface area contributed by atoms with Gasteiger partial charge in [-0.2, -0.15) is 13.2 Å². The number of hydrogen-bond acceptors (Lipinski definition) is 3. The fraction of sp³-hybridized carbons (Fsp3) is 0.136. The Morgan fingerprint density at radius 1 is 0.828 bits per heavy atom. The van der Waals surface area contributed by atoms with Crippen LogP contribution in [0.4, 0.5) is 18.9 Å². The Balaban J connectivity index is 1.90. The van der Waals surface area contributed by atoms with E-state index in [0.717, 1.165) is 17.7 Å². The number of hydrogen-bond donors (Lipinski definition) is 1. The van der Waals surface area contributed by atoms with Crippen LogP contribution in [0, 0.1) is 0 Å². The number of methoxy groups -OCH3 is 2. The van der Waals surface area contributed by atoms with E-state index in [1.807, 2.05) is 18.2 Å². The first kappa shape index (κ1) is 20.3. The van der Waals surface area contributed by atoms with Crippen molar-refractivity contribution in [2.75, 3.05) is 19.5 Å². The number of ether oxygens (including phenoxy) is 2. The van der Waals surface area contributed by atoms with Gasteiger partial charge in [0.2, 0.25) is 0 Å². The average molecular weight is 401 g/mol. The zero-order valence-corrected chi connectivity index (χ0v) is 15.7. The van der Waals surface area contributed by atoms with Gasteiger partial charge >= 0.3 is 6.18 Å². The van der Waals surface area contributed by atoms with E-state index in [9.17, 15) is 18.0 Å². The van der Waals surface area contributed by atoms with Gasteiger partial charge in [-0.1, -0.05) is 18.2 Å². The highest BCUT2D eigenvalue weighted by molar-refractivity contribution is 6.05. The minimum absolute atomic E-state index is 0.262. The van der Waals surface area contributed by atoms with Crippen LogP contribution < -0.4 is 14.8 Å². The van der Waals surface area contributed by atoms with Crippen LogP contribution in [0.15, 0.2) is 66.7 Å². The van der Waals surface area contributed by atoms with Gasteiger partial charge in [-0.05, 0) is 48.5 Å². The fourth-order valence-corrected chi connectivity index (χ4v) is 2.87. The molecule has 3 aromatic rings. The minimum atomic E-state index is -4.43. The molecule has 4 nitrogen and oxygen atoms in total. The third-order valence-corrected chi connectivity index (χ3v) is 4.33. The number of carbonyl (C=O) groups is 1. The summed E-state index contributed by atoms with van der Waals surface area (Å²) in [6, 6.07) is 16.5. The Hall–Kier alpha value is -3.48. The standard InChI is InChI=1S/C22H18F3NO3/c1-28-19-6-4-3-5-17(19)18-13-14(7-12-20(18)29-2)21(27)26-16-10-8-15(9-11-16)22(23,24)25/h3-13H,1-2H3,(H,26,27). The molecular weight excluding hydrogens is 383 g/mol. The highest BCUT2D eigenvalue weighted by Gasteiger charge is 2.30. The SMILES string of the molecule is COc1ccccc1-c1cc(C(=O)Nc2ccc(C(F)(F)F)cc2)ccc1OC. The molecule has 1 N–H and O–H groups in total. The van der Waals surface area contributed by atoms with E-state index in [2.05, 4.69) is 5.32 Å². The highest BCUT2D eigenvalue weighted by atomic mass is 19.4. The molecule has 0 saturated carbocycles. The lowest BCUT2D eigenvalue weighted by Crippen LogP contribution is -2.12. The number of alkyl halides is 3. The minimum Gasteiger partial charge on any atom is -0.496 e. The molecule has 0 spiro atoms. The molecule has 1 amide bonds. The maximum Gasteiger partial charge on any atom is 0.416 e. The Morgan fingerprint density at radius 3 is 2.07 bits per heavy atom. The third-order valence-electron chi connectivity index (χ3n) is 4.33. The number of anilines is 1. The normalized spacial score (nSPS) is 11.1. The molecule has 150 valence electrons. The monoisotopic (exact) mass is 401 g/mol. The van der Waals surface area contributed by atoms with Gasteiger partial charge in [-0.15, -0.1) is 0 Å². The zero-order chi connectivity index (χ0) is 21.0. The van der Waals surface area contributed by atoms with E-state index in [1.165, 1.54) is 19.2 Å². The first-order valence-electron chi connectivity index (χ1n) is 8.63. The first-order chi connectivity index (χ1) is 13.8. The molecule has 0 bridgehead atoms. The molecule has 0 atom stereocenters. The number of amides is 1. The van der Waals surface area contributed by atoms with Crippen molar-refractivity contribution in [1.82, 2.24) is 0 Å². The number of carbonyl (C=O) groups excluding carboxylic acids is 1. The Bertz CT molecular complexity index is 1010. The molecule has 3 rings (SSSR count). The van der Waals surface area contributed by atoms with Crippen LogP contribution in [-0.2, 0) is 6.18 Å². The molecule has 0 aliphatic rings. The Kier molecular flexibility index (Phi) is 5.77. The summed E-state index contributed by atoms with van der Waals surface area (Å²) in [6.07, 6.45) is -4.43. The van der Waals surface area contributed by atoms with Crippen LogP contribution in [0.5, 0.6) is 11.5 Å². The van der Waals surface area contributed by atoms with Gasteiger partial charge in [0.05, 0.1) is 19.8 Å². The second kappa shape index (κ2) is 8.26. The van der Waals surface area contributed by atoms with Crippen LogP contribution in [0.25, 0.3) is 11.1 Å². The number of halogens is 3. The number of para-hydroxylation sites is 1. The lowest BCUT2D eigenvalue weighted by atomic mass is 10.0. The topological polar surface area (TPSA) is 47.6 Å². The second-order valence-corrected chi connectivity index (χ2v) is 6.14. The van der Waals surface area contributed by atoms with Crippen molar-refractivity contribution in [2.45, 2.75) is 6.18 Å². The van der Waals surface area contributed by atoms with Gasteiger partial charge in [0, 0.05) is 22.4 Å². The second-order valence-electron chi connectivity index (χ2n) is 6.14. The van der Waals surface area contributed by atoms with Crippen molar-refractivity contribution in [2.24, 2.45) is 0 Å². The van der Waals surface area contributed by atoms with Crippen LogP contribution in [0.3, 0.4) is 0 Å². The summed E-state index contributed by atoms with van der Waals surface area (Å²) in [4.78, 5) is 12.6. The number of rotatable bonds is 5. The first-order valence-corrected chi connectivity index (χ1v) is 8.63. The van der Waals surface area contributed by atoms with Gasteiger partial charge in [0.1, 0.15) is 11.5 Å². The van der Waals surface area contributed by atoms with Gasteiger partial charge in [-0.3, -0.25) is 4.79 Å². The smallest absolute Gasteiger partial charge is 0.416 e. The van der Waals surface area contributed by atoms with Crippen molar-refractivity contribution in [3.05, 3.63) is 77.9 Å². The molecule has 7 heteroatoms. The van der Waals surface area contributed by atoms with Gasteiger partial charge in [0.25, 0.3) is 5.91 Å². The lowest BCUT2D eigenvalue weighted by molar-refractivity contribution is -0.137. The molecule has 0 unspecified atom stereocenters. The van der Waals surface area contributed by atoms with E-state index >= 15 is 0 Å². The summed E-state index contributed by atoms with van der Waals surface area (Å²) in [6.45, 7) is 0. The highest BCUT2D eigenvalue weighted by Crippen LogP contribution is 2.37. The zero-order valence-electron chi connectivity index (χ0n) is 15.7. The maximum atomic E-state index is 12.7. The van der Waals surface area contributed by atoms with Crippen molar-refractivity contribution in [1.29, 1.82) is 0 Å². The summed E-state index contributed by atoms with van der Waals surface area (Å²) in [5.74, 6) is 0.718. The summed E-state index contributed by atoms with van der Waals surface area (Å²) < 4.78 is 48.8. The predicted octanol–water partition coefficient (Wildman–Crippen LogP) is 5.64. The Labute approximate surface area is 165 Å². The van der Waals surface area contributed by atoms with Gasteiger partial charge < -0.3 is 14.8 Å². The molecule has 0 saturated heterocycles. The Morgan fingerprint density at radius 2 is 1.45 bits per heavy atom. The van der Waals surface area contributed by atoms with Gasteiger partial charge in [0.15, 0.2) is 0 Å². The van der Waals surface area contributed by atoms with E-state index < -0.39 is 17.6 Å². The lowest BCUT2D eigenvalue weighted by Gasteiger charge is -2.14. The van der Waals surface area contributed by atoms with Crippen molar-refractivity contribution >= 4 is 11.6 Å². The molecule has 29 heavy (non-hydrogen) atoms. The summed E-state index contributed by atoms with van der Waals surface area (Å²) in [7, 11) is 3.07. The number of benzene rings is 3. The summed E-state index contributed by atoms with van der Waals surface area (Å²) >= 11 is 0. The number of nitrogens with one attached hydrogen (secondary N) is 1. The molecule has 0 aromatic heterocycles. The van der Waals surface area contributed by atoms with Crippen LogP contribution in [0.2, 0.25) is 0 Å². The van der Waals surface area contributed by atoms with Crippen LogP contribution in [-0.4, -0.2) is 20.1 Å². The predicted molar refractivity (Wildman–Crippen MR) is 104 cm³/mol. The molecule has 0 heterocycles. The molecule has 0 fully saturated rings. The summed E-state index contributed by atoms with van der Waals surface area (Å²) in [5, 5.41) is 2.60. The van der Waals surface area contributed by atoms with Crippen LogP contribution >= 0.6 is 0 Å². The van der Waals surface area contributed by atoms with Crippen molar-refractivity contribution in [3.63, 3.8) is 0 Å². The maximum absolute atomic E-state index is 12.7. The van der Waals surface area contributed by atoms with E-state index in [-0.39, 0.29) is 5.69 Å². The summed E-state index contributed by atoms with van der Waals surface area (Å²) in [5.41, 5.74) is 1.21. The molecule has 3 aromatic carbocycles. The van der Waals surface area contributed by atoms with Gasteiger partial charge in [-0.25, -0.2) is 0 Å². The van der Waals surface area contributed by atoms with E-state index in [0.29, 0.717) is 22.6 Å². The molecule has 0 aliphatic heterocycles. The van der Waals surface area contributed by atoms with E-state index in [1.54, 1.807) is 31.4 Å². The third kappa shape index (κ3) is 4.51.